The van der Waals surface area contributed by atoms with Crippen LogP contribution >= 0.6 is 0 Å². The summed E-state index contributed by atoms with van der Waals surface area (Å²) in [5.41, 5.74) is 0.920. The molecule has 190 valence electrons. The Kier molecular flexibility index (Phi) is 9.60. The van der Waals surface area contributed by atoms with Crippen LogP contribution in [-0.4, -0.2) is 72.6 Å². The van der Waals surface area contributed by atoms with Gasteiger partial charge in [-0.2, -0.15) is 4.72 Å². The molecule has 1 aliphatic rings. The molecule has 0 saturated carbocycles. The highest BCUT2D eigenvalue weighted by Crippen LogP contribution is 2.22. The summed E-state index contributed by atoms with van der Waals surface area (Å²) < 4.78 is 28.4. The molecule has 10 nitrogen and oxygen atoms in total. The molecule has 0 spiro atoms. The number of amides is 2. The third kappa shape index (κ3) is 7.00. The minimum Gasteiger partial charge on any atom is -0.480 e. The molecule has 2 rings (SSSR count). The second-order valence-electron chi connectivity index (χ2n) is 8.96. The third-order valence-electron chi connectivity index (χ3n) is 6.32. The maximum atomic E-state index is 13.3. The number of carbonyl (C=O) groups is 3. The number of nitrogens with one attached hydrogen (secondary N) is 2. The van der Waals surface area contributed by atoms with Crippen LogP contribution in [0.15, 0.2) is 29.2 Å². The van der Waals surface area contributed by atoms with Crippen LogP contribution in [0.2, 0.25) is 0 Å². The van der Waals surface area contributed by atoms with Crippen LogP contribution in [0.4, 0.5) is 0 Å². The molecular formula is C23H35N3O7S. The van der Waals surface area contributed by atoms with E-state index in [2.05, 4.69) is 10.0 Å². The molecule has 2 amide bonds. The van der Waals surface area contributed by atoms with Gasteiger partial charge in [0.15, 0.2) is 6.04 Å². The van der Waals surface area contributed by atoms with Gasteiger partial charge in [-0.15, -0.1) is 0 Å². The van der Waals surface area contributed by atoms with Crippen molar-refractivity contribution in [2.45, 2.75) is 70.0 Å². The lowest BCUT2D eigenvalue weighted by molar-refractivity contribution is -0.146. The molecule has 4 N–H and O–H groups in total. The standard InChI is InChI=1S/C23H35N3O7S/c1-5-15(3)19(25-34(32,33)18-8-6-14(2)7-9-18)22(29)26-12-10-17(11-13-26)21(28)24-20(16(4)27)23(30)31/h6-9,15-17,19-20,25,27H,5,10-13H2,1-4H3,(H,24,28)(H,30,31)/t15-,16-,19-,20-/m0/s1. The summed E-state index contributed by atoms with van der Waals surface area (Å²) in [6.07, 6.45) is -0.0498. The van der Waals surface area contributed by atoms with Gasteiger partial charge in [0.05, 0.1) is 11.0 Å². The first-order valence-corrected chi connectivity index (χ1v) is 12.9. The molecule has 1 aromatic rings. The molecule has 1 aromatic carbocycles. The Morgan fingerprint density at radius 2 is 1.65 bits per heavy atom. The Hall–Kier alpha value is -2.50. The van der Waals surface area contributed by atoms with E-state index >= 15 is 0 Å². The Balaban J connectivity index is 2.07. The number of hydrogen-bond acceptors (Lipinski definition) is 6. The number of aliphatic carboxylic acids is 1. The van der Waals surface area contributed by atoms with Gasteiger partial charge < -0.3 is 20.4 Å². The molecule has 0 bridgehead atoms. The van der Waals surface area contributed by atoms with Crippen LogP contribution < -0.4 is 10.0 Å². The van der Waals surface area contributed by atoms with Crippen molar-refractivity contribution in [3.8, 4) is 0 Å². The number of aliphatic hydroxyl groups excluding tert-OH is 1. The number of benzene rings is 1. The number of piperidine rings is 1. The van der Waals surface area contributed by atoms with E-state index in [9.17, 15) is 27.9 Å². The SMILES string of the molecule is CC[C@H](C)[C@H](NS(=O)(=O)c1ccc(C)cc1)C(=O)N1CCC(C(=O)N[C@H](C(=O)O)[C@H](C)O)CC1. The lowest BCUT2D eigenvalue weighted by Gasteiger charge is -2.35. The lowest BCUT2D eigenvalue weighted by Crippen LogP contribution is -2.55. The van der Waals surface area contributed by atoms with E-state index in [4.69, 9.17) is 5.11 Å². The number of hydrogen-bond donors (Lipinski definition) is 4. The normalized spacial score (nSPS) is 18.6. The zero-order valence-corrected chi connectivity index (χ0v) is 20.8. The highest BCUT2D eigenvalue weighted by Gasteiger charge is 2.36. The van der Waals surface area contributed by atoms with E-state index in [1.54, 1.807) is 17.0 Å². The minimum atomic E-state index is -3.91. The van der Waals surface area contributed by atoms with Gasteiger partial charge in [0.1, 0.15) is 6.04 Å². The number of carboxylic acid groups (broad SMARTS) is 1. The van der Waals surface area contributed by atoms with Crippen molar-refractivity contribution in [3.63, 3.8) is 0 Å². The van der Waals surface area contributed by atoms with Gasteiger partial charge in [-0.05, 0) is 44.7 Å². The summed E-state index contributed by atoms with van der Waals surface area (Å²) in [5.74, 6) is -2.92. The molecule has 1 heterocycles. The first-order chi connectivity index (χ1) is 15.9. The van der Waals surface area contributed by atoms with Crippen molar-refractivity contribution in [2.75, 3.05) is 13.1 Å². The average Bonchev–Trinajstić information content (AvgIpc) is 2.79. The van der Waals surface area contributed by atoms with Crippen LogP contribution in [0.5, 0.6) is 0 Å². The summed E-state index contributed by atoms with van der Waals surface area (Å²) in [4.78, 5) is 38.6. The lowest BCUT2D eigenvalue weighted by atomic mass is 9.93. The summed E-state index contributed by atoms with van der Waals surface area (Å²) in [5, 5.41) is 21.1. The number of rotatable bonds is 10. The van der Waals surface area contributed by atoms with Crippen molar-refractivity contribution in [1.82, 2.24) is 14.9 Å². The molecule has 1 aliphatic heterocycles. The summed E-state index contributed by atoms with van der Waals surface area (Å²) in [6.45, 7) is 7.30. The maximum Gasteiger partial charge on any atom is 0.328 e. The topological polar surface area (TPSA) is 153 Å². The number of sulfonamides is 1. The largest absolute Gasteiger partial charge is 0.480 e. The van der Waals surface area contributed by atoms with Gasteiger partial charge in [0.25, 0.3) is 0 Å². The summed E-state index contributed by atoms with van der Waals surface area (Å²) >= 11 is 0. The summed E-state index contributed by atoms with van der Waals surface area (Å²) in [6, 6.07) is 4.02. The molecule has 1 fully saturated rings. The van der Waals surface area contributed by atoms with Crippen molar-refractivity contribution in [3.05, 3.63) is 29.8 Å². The van der Waals surface area contributed by atoms with Crippen LogP contribution in [0.3, 0.4) is 0 Å². The van der Waals surface area contributed by atoms with Gasteiger partial charge in [-0.3, -0.25) is 9.59 Å². The molecule has 0 aliphatic carbocycles. The summed E-state index contributed by atoms with van der Waals surface area (Å²) in [7, 11) is -3.91. The fraction of sp³-hybridized carbons (Fsp3) is 0.609. The van der Waals surface area contributed by atoms with Gasteiger partial charge in [0.2, 0.25) is 21.8 Å². The molecule has 11 heteroatoms. The fourth-order valence-corrected chi connectivity index (χ4v) is 5.11. The fourth-order valence-electron chi connectivity index (χ4n) is 3.82. The minimum absolute atomic E-state index is 0.0840. The number of carbonyl (C=O) groups excluding carboxylic acids is 2. The van der Waals surface area contributed by atoms with Crippen LogP contribution in [0.25, 0.3) is 0 Å². The van der Waals surface area contributed by atoms with Gasteiger partial charge in [-0.25, -0.2) is 13.2 Å². The van der Waals surface area contributed by atoms with E-state index in [-0.39, 0.29) is 29.8 Å². The number of aryl methyl sites for hydroxylation is 1. The van der Waals surface area contributed by atoms with E-state index < -0.39 is 46.0 Å². The first kappa shape index (κ1) is 27.7. The molecule has 34 heavy (non-hydrogen) atoms. The van der Waals surface area contributed by atoms with E-state index in [1.165, 1.54) is 19.1 Å². The van der Waals surface area contributed by atoms with Crippen LogP contribution in [-0.2, 0) is 24.4 Å². The van der Waals surface area contributed by atoms with Crippen molar-refractivity contribution < 1.29 is 33.0 Å². The quantitative estimate of drug-likeness (QED) is 0.374. The highest BCUT2D eigenvalue weighted by atomic mass is 32.2. The second-order valence-corrected chi connectivity index (χ2v) is 10.7. The smallest absolute Gasteiger partial charge is 0.328 e. The number of carboxylic acids is 1. The number of aliphatic hydroxyl groups is 1. The molecule has 0 aromatic heterocycles. The Morgan fingerprint density at radius 3 is 2.12 bits per heavy atom. The number of likely N-dealkylation sites (tertiary alicyclic amines) is 1. The van der Waals surface area contributed by atoms with E-state index in [1.807, 2.05) is 20.8 Å². The molecule has 0 radical (unpaired) electrons. The second kappa shape index (κ2) is 11.8. The third-order valence-corrected chi connectivity index (χ3v) is 7.77. The van der Waals surface area contributed by atoms with E-state index in [0.29, 0.717) is 19.3 Å². The molecule has 4 atom stereocenters. The van der Waals surface area contributed by atoms with Crippen molar-refractivity contribution in [1.29, 1.82) is 0 Å². The van der Waals surface area contributed by atoms with Crippen LogP contribution in [0, 0.1) is 18.8 Å². The Morgan fingerprint density at radius 1 is 1.09 bits per heavy atom. The molecule has 1 saturated heterocycles. The predicted octanol–water partition coefficient (Wildman–Crippen LogP) is 0.877. The zero-order chi connectivity index (χ0) is 25.6. The number of nitrogens with zero attached hydrogens (tertiary/aromatic N) is 1. The zero-order valence-electron chi connectivity index (χ0n) is 20.0. The Bertz CT molecular complexity index is 971. The predicted molar refractivity (Wildman–Crippen MR) is 125 cm³/mol. The van der Waals surface area contributed by atoms with Crippen molar-refractivity contribution >= 4 is 27.8 Å². The Labute approximate surface area is 200 Å². The monoisotopic (exact) mass is 497 g/mol. The first-order valence-electron chi connectivity index (χ1n) is 11.5. The molecular weight excluding hydrogens is 462 g/mol. The van der Waals surface area contributed by atoms with Crippen molar-refractivity contribution in [2.24, 2.45) is 11.8 Å². The van der Waals surface area contributed by atoms with Gasteiger partial charge >= 0.3 is 5.97 Å². The molecule has 0 unspecified atom stereocenters. The van der Waals surface area contributed by atoms with Gasteiger partial charge in [0, 0.05) is 19.0 Å². The van der Waals surface area contributed by atoms with E-state index in [0.717, 1.165) is 5.56 Å². The highest BCUT2D eigenvalue weighted by molar-refractivity contribution is 7.89. The maximum absolute atomic E-state index is 13.3. The average molecular weight is 498 g/mol. The van der Waals surface area contributed by atoms with Crippen LogP contribution in [0.1, 0.15) is 45.6 Å². The van der Waals surface area contributed by atoms with Gasteiger partial charge in [-0.1, -0.05) is 38.0 Å².